The fourth-order valence-electron chi connectivity index (χ4n) is 1.78. The third-order valence-electron chi connectivity index (χ3n) is 2.86. The molecule has 0 atom stereocenters. The Morgan fingerprint density at radius 2 is 1.88 bits per heavy atom. The molecule has 0 heterocycles. The van der Waals surface area contributed by atoms with Gasteiger partial charge < -0.3 is 11.1 Å². The van der Waals surface area contributed by atoms with Crippen molar-refractivity contribution >= 4 is 11.4 Å². The maximum Gasteiger partial charge on any atom is 0.0400 e. The monoisotopic (exact) mass is 226 g/mol. The first-order chi connectivity index (χ1) is 8.15. The summed E-state index contributed by atoms with van der Waals surface area (Å²) in [5, 5.41) is 3.38. The molecule has 0 aromatic heterocycles. The molecule has 2 rings (SSSR count). The van der Waals surface area contributed by atoms with Crippen molar-refractivity contribution in [2.45, 2.75) is 20.4 Å². The molecule has 0 spiro atoms. The van der Waals surface area contributed by atoms with Crippen LogP contribution < -0.4 is 11.1 Å². The molecule has 2 heteroatoms. The van der Waals surface area contributed by atoms with E-state index in [2.05, 4.69) is 42.6 Å². The molecular weight excluding hydrogens is 208 g/mol. The molecule has 0 unspecified atom stereocenters. The van der Waals surface area contributed by atoms with E-state index >= 15 is 0 Å². The molecule has 0 aliphatic carbocycles. The quantitative estimate of drug-likeness (QED) is 0.786. The molecule has 2 aromatic rings. The molecule has 0 saturated carbocycles. The highest BCUT2D eigenvalue weighted by molar-refractivity contribution is 5.58. The minimum Gasteiger partial charge on any atom is -0.398 e. The zero-order valence-corrected chi connectivity index (χ0v) is 10.3. The van der Waals surface area contributed by atoms with Gasteiger partial charge in [0.2, 0.25) is 0 Å². The Morgan fingerprint density at radius 1 is 1.06 bits per heavy atom. The first kappa shape index (κ1) is 11.5. The minimum atomic E-state index is 0.824. The lowest BCUT2D eigenvalue weighted by molar-refractivity contribution is 1.14. The second-order valence-electron chi connectivity index (χ2n) is 4.41. The fraction of sp³-hybridized carbons (Fsp3) is 0.200. The van der Waals surface area contributed by atoms with Gasteiger partial charge in [0, 0.05) is 17.9 Å². The summed E-state index contributed by atoms with van der Waals surface area (Å²) in [6.07, 6.45) is 0. The summed E-state index contributed by atoms with van der Waals surface area (Å²) < 4.78 is 0. The lowest BCUT2D eigenvalue weighted by Gasteiger charge is -2.09. The number of nitrogen functional groups attached to an aromatic ring is 1. The summed E-state index contributed by atoms with van der Waals surface area (Å²) in [5.41, 5.74) is 11.5. The van der Waals surface area contributed by atoms with Gasteiger partial charge in [-0.15, -0.1) is 0 Å². The van der Waals surface area contributed by atoms with Crippen molar-refractivity contribution in [2.75, 3.05) is 11.1 Å². The summed E-state index contributed by atoms with van der Waals surface area (Å²) in [5.74, 6) is 0. The summed E-state index contributed by atoms with van der Waals surface area (Å²) in [7, 11) is 0. The smallest absolute Gasteiger partial charge is 0.0400 e. The van der Waals surface area contributed by atoms with E-state index in [4.69, 9.17) is 5.73 Å². The number of benzene rings is 2. The van der Waals surface area contributed by atoms with Gasteiger partial charge in [-0.1, -0.05) is 35.9 Å². The van der Waals surface area contributed by atoms with Crippen LogP contribution in [0.4, 0.5) is 11.4 Å². The minimum absolute atomic E-state index is 0.824. The Morgan fingerprint density at radius 3 is 2.59 bits per heavy atom. The van der Waals surface area contributed by atoms with E-state index in [1.165, 1.54) is 11.1 Å². The Labute approximate surface area is 102 Å². The summed E-state index contributed by atoms with van der Waals surface area (Å²) >= 11 is 0. The SMILES string of the molecule is Cc1cccc(CNc2ccc(C)c(N)c2)c1. The van der Waals surface area contributed by atoms with Crippen LogP contribution in [-0.4, -0.2) is 0 Å². The number of aryl methyl sites for hydroxylation is 2. The van der Waals surface area contributed by atoms with Crippen LogP contribution >= 0.6 is 0 Å². The second-order valence-corrected chi connectivity index (χ2v) is 4.41. The van der Waals surface area contributed by atoms with Crippen LogP contribution in [0.15, 0.2) is 42.5 Å². The van der Waals surface area contributed by atoms with Gasteiger partial charge in [-0.2, -0.15) is 0 Å². The lowest BCUT2D eigenvalue weighted by Crippen LogP contribution is -2.00. The van der Waals surface area contributed by atoms with E-state index in [-0.39, 0.29) is 0 Å². The molecule has 17 heavy (non-hydrogen) atoms. The number of hydrogen-bond donors (Lipinski definition) is 2. The molecule has 0 saturated heterocycles. The summed E-state index contributed by atoms with van der Waals surface area (Å²) in [4.78, 5) is 0. The average Bonchev–Trinajstić information content (AvgIpc) is 2.31. The van der Waals surface area contributed by atoms with Crippen LogP contribution in [-0.2, 0) is 6.54 Å². The van der Waals surface area contributed by atoms with Crippen molar-refractivity contribution in [3.05, 3.63) is 59.2 Å². The van der Waals surface area contributed by atoms with Crippen molar-refractivity contribution in [3.8, 4) is 0 Å². The Bertz CT molecular complexity index is 518. The Kier molecular flexibility index (Phi) is 3.33. The highest BCUT2D eigenvalue weighted by atomic mass is 14.9. The number of nitrogens with two attached hydrogens (primary N) is 1. The van der Waals surface area contributed by atoms with Crippen LogP contribution in [0.3, 0.4) is 0 Å². The number of anilines is 2. The number of rotatable bonds is 3. The van der Waals surface area contributed by atoms with E-state index in [1.54, 1.807) is 0 Å². The van der Waals surface area contributed by atoms with Gasteiger partial charge in [0.05, 0.1) is 0 Å². The van der Waals surface area contributed by atoms with E-state index in [0.717, 1.165) is 23.5 Å². The third kappa shape index (κ3) is 3.00. The zero-order valence-electron chi connectivity index (χ0n) is 10.3. The first-order valence-electron chi connectivity index (χ1n) is 5.81. The van der Waals surface area contributed by atoms with E-state index in [0.29, 0.717) is 0 Å². The largest absolute Gasteiger partial charge is 0.398 e. The molecule has 0 bridgehead atoms. The molecule has 3 N–H and O–H groups in total. The van der Waals surface area contributed by atoms with Crippen LogP contribution in [0.2, 0.25) is 0 Å². The Hall–Kier alpha value is -1.96. The van der Waals surface area contributed by atoms with Crippen molar-refractivity contribution in [1.29, 1.82) is 0 Å². The van der Waals surface area contributed by atoms with Gasteiger partial charge in [0.25, 0.3) is 0 Å². The van der Waals surface area contributed by atoms with Gasteiger partial charge in [-0.05, 0) is 37.1 Å². The van der Waals surface area contributed by atoms with Gasteiger partial charge in [-0.25, -0.2) is 0 Å². The van der Waals surface area contributed by atoms with Gasteiger partial charge in [0.15, 0.2) is 0 Å². The molecule has 88 valence electrons. The maximum absolute atomic E-state index is 5.87. The zero-order chi connectivity index (χ0) is 12.3. The van der Waals surface area contributed by atoms with Gasteiger partial charge in [-0.3, -0.25) is 0 Å². The predicted molar refractivity (Wildman–Crippen MR) is 74.1 cm³/mol. The maximum atomic E-state index is 5.87. The number of nitrogens with one attached hydrogen (secondary N) is 1. The summed E-state index contributed by atoms with van der Waals surface area (Å²) in [6.45, 7) is 4.94. The van der Waals surface area contributed by atoms with E-state index < -0.39 is 0 Å². The van der Waals surface area contributed by atoms with Gasteiger partial charge in [0.1, 0.15) is 0 Å². The van der Waals surface area contributed by atoms with Crippen molar-refractivity contribution in [1.82, 2.24) is 0 Å². The molecule has 2 aromatic carbocycles. The lowest BCUT2D eigenvalue weighted by atomic mass is 10.1. The number of hydrogen-bond acceptors (Lipinski definition) is 2. The van der Waals surface area contributed by atoms with Crippen LogP contribution in [0.5, 0.6) is 0 Å². The first-order valence-corrected chi connectivity index (χ1v) is 5.81. The molecule has 0 radical (unpaired) electrons. The summed E-state index contributed by atoms with van der Waals surface area (Å²) in [6, 6.07) is 14.6. The van der Waals surface area contributed by atoms with Gasteiger partial charge >= 0.3 is 0 Å². The molecule has 2 nitrogen and oxygen atoms in total. The van der Waals surface area contributed by atoms with Crippen LogP contribution in [0.1, 0.15) is 16.7 Å². The third-order valence-corrected chi connectivity index (χ3v) is 2.86. The topological polar surface area (TPSA) is 38.0 Å². The van der Waals surface area contributed by atoms with E-state index in [9.17, 15) is 0 Å². The molecular formula is C15H18N2. The predicted octanol–water partition coefficient (Wildman–Crippen LogP) is 3.50. The van der Waals surface area contributed by atoms with E-state index in [1.807, 2.05) is 19.1 Å². The van der Waals surface area contributed by atoms with Crippen molar-refractivity contribution < 1.29 is 0 Å². The molecule has 0 aliphatic rings. The fourth-order valence-corrected chi connectivity index (χ4v) is 1.78. The average molecular weight is 226 g/mol. The Balaban J connectivity index is 2.05. The van der Waals surface area contributed by atoms with Crippen molar-refractivity contribution in [3.63, 3.8) is 0 Å². The standard InChI is InChI=1S/C15H18N2/c1-11-4-3-5-13(8-11)10-17-14-7-6-12(2)15(16)9-14/h3-9,17H,10,16H2,1-2H3. The molecule has 0 fully saturated rings. The highest BCUT2D eigenvalue weighted by Gasteiger charge is 1.97. The molecule has 0 amide bonds. The van der Waals surface area contributed by atoms with Crippen LogP contribution in [0.25, 0.3) is 0 Å². The highest BCUT2D eigenvalue weighted by Crippen LogP contribution is 2.17. The molecule has 0 aliphatic heterocycles. The second kappa shape index (κ2) is 4.91. The normalized spacial score (nSPS) is 10.2. The van der Waals surface area contributed by atoms with Crippen LogP contribution in [0, 0.1) is 13.8 Å². The van der Waals surface area contributed by atoms with Crippen molar-refractivity contribution in [2.24, 2.45) is 0 Å².